The second-order valence-corrected chi connectivity index (χ2v) is 6.64. The summed E-state index contributed by atoms with van der Waals surface area (Å²) in [4.78, 5) is 28.5. The average Bonchev–Trinajstić information content (AvgIpc) is 2.68. The molecule has 0 bridgehead atoms. The summed E-state index contributed by atoms with van der Waals surface area (Å²) >= 11 is 5.51. The van der Waals surface area contributed by atoms with Gasteiger partial charge in [0.1, 0.15) is 5.82 Å². The van der Waals surface area contributed by atoms with E-state index < -0.39 is 11.2 Å². The third-order valence-corrected chi connectivity index (χ3v) is 4.59. The Hall–Kier alpha value is -2.65. The molecule has 0 spiro atoms. The van der Waals surface area contributed by atoms with Crippen LogP contribution in [0.5, 0.6) is 0 Å². The third-order valence-electron chi connectivity index (χ3n) is 4.23. The minimum atomic E-state index is -0.571. The van der Waals surface area contributed by atoms with E-state index in [2.05, 4.69) is 10.3 Å². The predicted octanol–water partition coefficient (Wildman–Crippen LogP) is 1.10. The van der Waals surface area contributed by atoms with Crippen molar-refractivity contribution in [2.24, 2.45) is 0 Å². The number of nitrogens with two attached hydrogens (primary N) is 1. The number of rotatable bonds is 9. The van der Waals surface area contributed by atoms with Crippen LogP contribution in [0.25, 0.3) is 0 Å². The molecule has 0 atom stereocenters. The Labute approximate surface area is 169 Å². The zero-order valence-corrected chi connectivity index (χ0v) is 17.1. The van der Waals surface area contributed by atoms with E-state index in [1.165, 1.54) is 10.1 Å². The van der Waals surface area contributed by atoms with Crippen LogP contribution in [-0.4, -0.2) is 41.5 Å². The van der Waals surface area contributed by atoms with Crippen LogP contribution in [0.2, 0.25) is 0 Å². The normalized spacial score (nSPS) is 10.6. The highest BCUT2D eigenvalue weighted by Gasteiger charge is 2.21. The highest BCUT2D eigenvalue weighted by Crippen LogP contribution is 2.17. The number of H-pyrrole nitrogens is 1. The molecule has 2 aromatic rings. The lowest BCUT2D eigenvalue weighted by molar-refractivity contribution is 0.207. The van der Waals surface area contributed by atoms with Gasteiger partial charge >= 0.3 is 5.69 Å². The fraction of sp³-hybridized carbons (Fsp3) is 0.421. The molecule has 2 rings (SSSR count). The Bertz CT molecular complexity index is 895. The maximum absolute atomic E-state index is 12.5. The van der Waals surface area contributed by atoms with Gasteiger partial charge in [-0.15, -0.1) is 0 Å². The van der Waals surface area contributed by atoms with Crippen LogP contribution in [0, 0.1) is 0 Å². The van der Waals surface area contributed by atoms with Crippen molar-refractivity contribution in [2.45, 2.75) is 26.3 Å². The van der Waals surface area contributed by atoms with Gasteiger partial charge < -0.3 is 20.7 Å². The van der Waals surface area contributed by atoms with Crippen LogP contribution in [-0.2, 0) is 17.7 Å². The quantitative estimate of drug-likeness (QED) is 0.537. The molecule has 1 aromatic heterocycles. The van der Waals surface area contributed by atoms with Gasteiger partial charge in [-0.25, -0.2) is 4.79 Å². The van der Waals surface area contributed by atoms with Gasteiger partial charge in [0, 0.05) is 26.7 Å². The zero-order valence-electron chi connectivity index (χ0n) is 16.2. The summed E-state index contributed by atoms with van der Waals surface area (Å²) in [6.45, 7) is 3.59. The van der Waals surface area contributed by atoms with Crippen molar-refractivity contribution >= 4 is 28.8 Å². The second-order valence-electron chi connectivity index (χ2n) is 6.26. The van der Waals surface area contributed by atoms with Crippen LogP contribution < -0.4 is 27.2 Å². The Kier molecular flexibility index (Phi) is 8.21. The number of hydrogen-bond donors (Lipinski definition) is 3. The fourth-order valence-electron chi connectivity index (χ4n) is 2.84. The standard InChI is InChI=1S/C19H27N5O3S/c1-3-11-24-16(20)15(17(25)22-18(24)26)23(12-13-27-2)19(28)21-10-9-14-7-5-4-6-8-14/h4-8H,3,9-13,20H2,1-2H3,(H,21,28)(H,22,25,26). The number of thiocarbonyl (C=S) groups is 1. The summed E-state index contributed by atoms with van der Waals surface area (Å²) in [6.07, 6.45) is 1.48. The molecule has 1 aromatic carbocycles. The van der Waals surface area contributed by atoms with Crippen LogP contribution in [0.15, 0.2) is 39.9 Å². The average molecular weight is 406 g/mol. The summed E-state index contributed by atoms with van der Waals surface area (Å²) in [5.41, 5.74) is 6.41. The molecule has 0 saturated carbocycles. The van der Waals surface area contributed by atoms with Crippen LogP contribution in [0.1, 0.15) is 18.9 Å². The molecule has 9 heteroatoms. The van der Waals surface area contributed by atoms with E-state index in [4.69, 9.17) is 22.7 Å². The van der Waals surface area contributed by atoms with Crippen molar-refractivity contribution in [3.63, 3.8) is 0 Å². The largest absolute Gasteiger partial charge is 0.383 e. The maximum atomic E-state index is 12.5. The number of benzene rings is 1. The molecule has 0 saturated heterocycles. The van der Waals surface area contributed by atoms with Crippen molar-refractivity contribution in [3.8, 4) is 0 Å². The zero-order chi connectivity index (χ0) is 20.5. The Balaban J connectivity index is 2.25. The smallest absolute Gasteiger partial charge is 0.330 e. The molecule has 0 fully saturated rings. The van der Waals surface area contributed by atoms with E-state index in [1.54, 1.807) is 12.0 Å². The molecule has 0 aliphatic heterocycles. The lowest BCUT2D eigenvalue weighted by Crippen LogP contribution is -2.47. The molecular weight excluding hydrogens is 378 g/mol. The SMILES string of the molecule is CCCn1c(N)c(N(CCOC)C(=S)NCCc2ccccc2)c(=O)[nH]c1=O. The first-order valence-electron chi connectivity index (χ1n) is 9.20. The molecule has 1 heterocycles. The van der Waals surface area contributed by atoms with Gasteiger partial charge in [-0.2, -0.15) is 0 Å². The van der Waals surface area contributed by atoms with Crippen LogP contribution in [0.4, 0.5) is 11.5 Å². The summed E-state index contributed by atoms with van der Waals surface area (Å²) in [7, 11) is 1.57. The molecule has 0 aliphatic carbocycles. The van der Waals surface area contributed by atoms with Gasteiger partial charge in [0.15, 0.2) is 10.8 Å². The Morgan fingerprint density at radius 3 is 2.68 bits per heavy atom. The van der Waals surface area contributed by atoms with Crippen molar-refractivity contribution < 1.29 is 4.74 Å². The number of nitrogens with one attached hydrogen (secondary N) is 2. The molecule has 4 N–H and O–H groups in total. The van der Waals surface area contributed by atoms with Crippen molar-refractivity contribution in [3.05, 3.63) is 56.7 Å². The van der Waals surface area contributed by atoms with E-state index in [-0.39, 0.29) is 11.5 Å². The molecule has 28 heavy (non-hydrogen) atoms. The molecular formula is C19H27N5O3S. The lowest BCUT2D eigenvalue weighted by Gasteiger charge is -2.27. The number of anilines is 2. The molecule has 0 aliphatic rings. The third kappa shape index (κ3) is 5.43. The van der Waals surface area contributed by atoms with Crippen molar-refractivity contribution in [2.75, 3.05) is 37.4 Å². The number of ether oxygens (including phenoxy) is 1. The van der Waals surface area contributed by atoms with Gasteiger partial charge in [0.05, 0.1) is 6.61 Å². The van der Waals surface area contributed by atoms with Crippen LogP contribution in [0.3, 0.4) is 0 Å². The van der Waals surface area contributed by atoms with Crippen LogP contribution >= 0.6 is 12.2 Å². The Morgan fingerprint density at radius 2 is 2.04 bits per heavy atom. The number of hydrogen-bond acceptors (Lipinski definition) is 5. The molecule has 8 nitrogen and oxygen atoms in total. The highest BCUT2D eigenvalue weighted by molar-refractivity contribution is 7.80. The molecule has 0 radical (unpaired) electrons. The topological polar surface area (TPSA) is 105 Å². The number of nitrogen functional groups attached to an aromatic ring is 1. The first-order chi connectivity index (χ1) is 13.5. The predicted molar refractivity (Wildman–Crippen MR) is 116 cm³/mol. The van der Waals surface area contributed by atoms with Gasteiger partial charge in [-0.3, -0.25) is 14.3 Å². The lowest BCUT2D eigenvalue weighted by atomic mass is 10.1. The highest BCUT2D eigenvalue weighted by atomic mass is 32.1. The van der Waals surface area contributed by atoms with Crippen molar-refractivity contribution in [1.82, 2.24) is 14.9 Å². The summed E-state index contributed by atoms with van der Waals surface area (Å²) in [6, 6.07) is 10.0. The van der Waals surface area contributed by atoms with E-state index >= 15 is 0 Å². The summed E-state index contributed by atoms with van der Waals surface area (Å²) in [5, 5.41) is 3.52. The summed E-state index contributed by atoms with van der Waals surface area (Å²) in [5.74, 6) is 0.0962. The van der Waals surface area contributed by atoms with Gasteiger partial charge in [-0.1, -0.05) is 37.3 Å². The maximum Gasteiger partial charge on any atom is 0.330 e. The van der Waals surface area contributed by atoms with E-state index in [9.17, 15) is 9.59 Å². The summed E-state index contributed by atoms with van der Waals surface area (Å²) < 4.78 is 6.50. The monoisotopic (exact) mass is 405 g/mol. The number of methoxy groups -OCH3 is 1. The first-order valence-corrected chi connectivity index (χ1v) is 9.61. The first kappa shape index (κ1) is 21.6. The van der Waals surface area contributed by atoms with E-state index in [0.717, 1.165) is 6.42 Å². The van der Waals surface area contributed by atoms with Gasteiger partial charge in [-0.05, 0) is 30.6 Å². The van der Waals surface area contributed by atoms with Crippen molar-refractivity contribution in [1.29, 1.82) is 0 Å². The fourth-order valence-corrected chi connectivity index (χ4v) is 3.12. The number of aromatic nitrogens is 2. The Morgan fingerprint density at radius 1 is 1.32 bits per heavy atom. The minimum Gasteiger partial charge on any atom is -0.383 e. The second kappa shape index (κ2) is 10.6. The molecule has 152 valence electrons. The van der Waals surface area contributed by atoms with E-state index in [0.29, 0.717) is 37.8 Å². The molecule has 0 amide bonds. The van der Waals surface area contributed by atoms with Gasteiger partial charge in [0.2, 0.25) is 0 Å². The number of nitrogens with zero attached hydrogens (tertiary/aromatic N) is 2. The van der Waals surface area contributed by atoms with Gasteiger partial charge in [0.25, 0.3) is 5.56 Å². The number of aromatic amines is 1. The van der Waals surface area contributed by atoms with E-state index in [1.807, 2.05) is 37.3 Å². The minimum absolute atomic E-state index is 0.0962. The molecule has 0 unspecified atom stereocenters.